The molecular formula is C19H20N2O3S. The van der Waals surface area contributed by atoms with Gasteiger partial charge in [0.1, 0.15) is 21.7 Å². The summed E-state index contributed by atoms with van der Waals surface area (Å²) in [5, 5.41) is 0. The molecule has 3 aromatic rings. The Balaban J connectivity index is 1.93. The Labute approximate surface area is 150 Å². The summed E-state index contributed by atoms with van der Waals surface area (Å²) >= 11 is 1.43. The van der Waals surface area contributed by atoms with Crippen molar-refractivity contribution in [3.63, 3.8) is 0 Å². The van der Waals surface area contributed by atoms with Crippen LogP contribution >= 0.6 is 11.3 Å². The van der Waals surface area contributed by atoms with Crippen molar-refractivity contribution >= 4 is 27.5 Å². The largest absolute Gasteiger partial charge is 0.495 e. The van der Waals surface area contributed by atoms with Crippen LogP contribution in [0.25, 0.3) is 10.2 Å². The van der Waals surface area contributed by atoms with Crippen molar-refractivity contribution in [2.24, 2.45) is 12.0 Å². The van der Waals surface area contributed by atoms with Gasteiger partial charge in [-0.15, -0.1) is 0 Å². The van der Waals surface area contributed by atoms with E-state index in [0.717, 1.165) is 27.3 Å². The zero-order valence-corrected chi connectivity index (χ0v) is 15.3. The highest BCUT2D eigenvalue weighted by Gasteiger charge is 2.14. The molecule has 3 rings (SSSR count). The second-order valence-corrected chi connectivity index (χ2v) is 6.56. The Bertz CT molecular complexity index is 958. The molecule has 0 unspecified atom stereocenters. The maximum atomic E-state index is 12.3. The first kappa shape index (κ1) is 17.2. The first-order valence-electron chi connectivity index (χ1n) is 7.96. The van der Waals surface area contributed by atoms with Crippen LogP contribution in [-0.2, 0) is 18.3 Å². The van der Waals surface area contributed by atoms with Gasteiger partial charge in [0, 0.05) is 13.5 Å². The molecule has 1 amide bonds. The van der Waals surface area contributed by atoms with Gasteiger partial charge in [0.25, 0.3) is 0 Å². The third-order valence-electron chi connectivity index (χ3n) is 4.00. The third-order valence-corrected chi connectivity index (χ3v) is 5.15. The van der Waals surface area contributed by atoms with E-state index in [4.69, 9.17) is 9.47 Å². The van der Waals surface area contributed by atoms with Crippen molar-refractivity contribution in [2.45, 2.75) is 12.8 Å². The zero-order valence-electron chi connectivity index (χ0n) is 14.5. The molecule has 1 aromatic heterocycles. The number of benzene rings is 2. The number of aryl methyl sites for hydroxylation is 2. The smallest absolute Gasteiger partial charge is 0.248 e. The fourth-order valence-electron chi connectivity index (χ4n) is 2.69. The third kappa shape index (κ3) is 3.58. The minimum absolute atomic E-state index is 0.135. The minimum Gasteiger partial charge on any atom is -0.495 e. The molecule has 0 aliphatic heterocycles. The van der Waals surface area contributed by atoms with Crippen LogP contribution in [0.4, 0.5) is 0 Å². The van der Waals surface area contributed by atoms with Gasteiger partial charge >= 0.3 is 0 Å². The monoisotopic (exact) mass is 356 g/mol. The molecule has 5 nitrogen and oxygen atoms in total. The summed E-state index contributed by atoms with van der Waals surface area (Å²) in [6.07, 6.45) is 1.07. The summed E-state index contributed by atoms with van der Waals surface area (Å²) in [6.45, 7) is 0. The Hall–Kier alpha value is -2.60. The summed E-state index contributed by atoms with van der Waals surface area (Å²) in [5.41, 5.74) is 2.01. The van der Waals surface area contributed by atoms with E-state index in [1.807, 2.05) is 54.1 Å². The molecule has 2 aromatic carbocycles. The minimum atomic E-state index is -0.135. The highest BCUT2D eigenvalue weighted by molar-refractivity contribution is 7.16. The van der Waals surface area contributed by atoms with E-state index < -0.39 is 0 Å². The van der Waals surface area contributed by atoms with Gasteiger partial charge in [-0.1, -0.05) is 41.7 Å². The first-order valence-corrected chi connectivity index (χ1v) is 8.77. The number of hydrogen-bond acceptors (Lipinski definition) is 4. The number of carbonyl (C=O) groups is 1. The molecule has 0 N–H and O–H groups in total. The Morgan fingerprint density at radius 3 is 2.44 bits per heavy atom. The normalized spacial score (nSPS) is 11.7. The van der Waals surface area contributed by atoms with Crippen molar-refractivity contribution in [3.8, 4) is 11.5 Å². The van der Waals surface area contributed by atoms with E-state index in [9.17, 15) is 4.79 Å². The summed E-state index contributed by atoms with van der Waals surface area (Å²) in [5.74, 6) is 1.34. The number of nitrogens with zero attached hydrogens (tertiary/aromatic N) is 2. The van der Waals surface area contributed by atoms with Crippen molar-refractivity contribution in [3.05, 3.63) is 52.8 Å². The molecule has 0 aliphatic carbocycles. The number of ether oxygens (including phenoxy) is 2. The lowest BCUT2D eigenvalue weighted by Crippen LogP contribution is -2.13. The van der Waals surface area contributed by atoms with Gasteiger partial charge in [-0.3, -0.25) is 4.79 Å². The van der Waals surface area contributed by atoms with Gasteiger partial charge in [-0.2, -0.15) is 4.99 Å². The Morgan fingerprint density at radius 2 is 1.76 bits per heavy atom. The van der Waals surface area contributed by atoms with Crippen LogP contribution in [0.2, 0.25) is 0 Å². The van der Waals surface area contributed by atoms with Gasteiger partial charge in [-0.05, 0) is 24.1 Å². The van der Waals surface area contributed by atoms with Crippen LogP contribution in [0, 0.1) is 0 Å². The average Bonchev–Trinajstić information content (AvgIpc) is 2.97. The van der Waals surface area contributed by atoms with E-state index in [1.54, 1.807) is 14.2 Å². The second-order valence-electron chi connectivity index (χ2n) is 5.58. The van der Waals surface area contributed by atoms with Gasteiger partial charge < -0.3 is 14.0 Å². The number of carbonyl (C=O) groups excluding carboxylic acids is 1. The predicted octanol–water partition coefficient (Wildman–Crippen LogP) is 3.32. The predicted molar refractivity (Wildman–Crippen MR) is 99.2 cm³/mol. The number of aromatic nitrogens is 1. The molecule has 0 fully saturated rings. The molecule has 0 saturated carbocycles. The van der Waals surface area contributed by atoms with Crippen LogP contribution in [-0.4, -0.2) is 24.7 Å². The number of methoxy groups -OCH3 is 2. The van der Waals surface area contributed by atoms with E-state index in [0.29, 0.717) is 17.6 Å². The molecule has 25 heavy (non-hydrogen) atoms. The first-order chi connectivity index (χ1) is 12.1. The molecule has 0 saturated heterocycles. The second kappa shape index (κ2) is 7.53. The maximum absolute atomic E-state index is 12.3. The average molecular weight is 356 g/mol. The van der Waals surface area contributed by atoms with Gasteiger partial charge in [0.15, 0.2) is 4.80 Å². The fraction of sp³-hybridized carbons (Fsp3) is 0.263. The van der Waals surface area contributed by atoms with Crippen LogP contribution in [0.5, 0.6) is 11.5 Å². The van der Waals surface area contributed by atoms with Crippen LogP contribution in [0.15, 0.2) is 47.5 Å². The Morgan fingerprint density at radius 1 is 1.08 bits per heavy atom. The lowest BCUT2D eigenvalue weighted by atomic mass is 10.1. The van der Waals surface area contributed by atoms with Crippen LogP contribution in [0.3, 0.4) is 0 Å². The molecule has 0 aliphatic rings. The Kier molecular flexibility index (Phi) is 5.19. The van der Waals surface area contributed by atoms with Crippen LogP contribution < -0.4 is 14.3 Å². The van der Waals surface area contributed by atoms with Crippen molar-refractivity contribution < 1.29 is 14.3 Å². The quantitative estimate of drug-likeness (QED) is 0.705. The number of fused-ring (bicyclic) bond motifs is 1. The summed E-state index contributed by atoms with van der Waals surface area (Å²) < 4.78 is 13.6. The van der Waals surface area contributed by atoms with E-state index in [2.05, 4.69) is 4.99 Å². The molecule has 0 spiro atoms. The molecule has 6 heteroatoms. The highest BCUT2D eigenvalue weighted by Crippen LogP contribution is 2.34. The number of hydrogen-bond donors (Lipinski definition) is 0. The summed E-state index contributed by atoms with van der Waals surface area (Å²) in [4.78, 5) is 17.2. The molecule has 1 heterocycles. The SMILES string of the molecule is COc1ccc(OC)c2c1sc(=NC(=O)CCc1ccccc1)n2C. The van der Waals surface area contributed by atoms with E-state index >= 15 is 0 Å². The number of thiazole rings is 1. The maximum Gasteiger partial charge on any atom is 0.248 e. The lowest BCUT2D eigenvalue weighted by molar-refractivity contribution is -0.118. The van der Waals surface area contributed by atoms with Crippen molar-refractivity contribution in [1.82, 2.24) is 4.57 Å². The molecular weight excluding hydrogens is 336 g/mol. The molecule has 0 radical (unpaired) electrons. The molecule has 130 valence electrons. The summed E-state index contributed by atoms with van der Waals surface area (Å²) in [7, 11) is 5.13. The van der Waals surface area contributed by atoms with Crippen molar-refractivity contribution in [2.75, 3.05) is 14.2 Å². The molecule has 0 bridgehead atoms. The standard InChI is InChI=1S/C19H20N2O3S/c1-21-17-14(23-2)10-11-15(24-3)18(17)25-19(21)20-16(22)12-9-13-7-5-4-6-8-13/h4-8,10-11H,9,12H2,1-3H3. The highest BCUT2D eigenvalue weighted by atomic mass is 32.1. The zero-order chi connectivity index (χ0) is 17.8. The number of rotatable bonds is 5. The topological polar surface area (TPSA) is 52.8 Å². The summed E-state index contributed by atoms with van der Waals surface area (Å²) in [6, 6.07) is 13.7. The number of amides is 1. The van der Waals surface area contributed by atoms with Gasteiger partial charge in [0.2, 0.25) is 5.91 Å². The van der Waals surface area contributed by atoms with Gasteiger partial charge in [-0.25, -0.2) is 0 Å². The van der Waals surface area contributed by atoms with E-state index in [-0.39, 0.29) is 5.91 Å². The van der Waals surface area contributed by atoms with Gasteiger partial charge in [0.05, 0.1) is 14.2 Å². The van der Waals surface area contributed by atoms with E-state index in [1.165, 1.54) is 11.3 Å². The molecule has 0 atom stereocenters. The fourth-order valence-corrected chi connectivity index (χ4v) is 3.83. The van der Waals surface area contributed by atoms with Crippen LogP contribution in [0.1, 0.15) is 12.0 Å². The lowest BCUT2D eigenvalue weighted by Gasteiger charge is -2.06. The van der Waals surface area contributed by atoms with Crippen molar-refractivity contribution in [1.29, 1.82) is 0 Å².